The second-order valence-electron chi connectivity index (χ2n) is 7.78. The Morgan fingerprint density at radius 3 is 2.18 bits per heavy atom. The van der Waals surface area contributed by atoms with E-state index in [1.807, 2.05) is 0 Å². The average Bonchev–Trinajstić information content (AvgIpc) is 3.08. The molecule has 15 nitrogen and oxygen atoms in total. The monoisotopic (exact) mass is 491 g/mol. The number of nitrogens with zero attached hydrogens (tertiary/aromatic N) is 1. The highest BCUT2D eigenvalue weighted by Crippen LogP contribution is 2.36. The predicted molar refractivity (Wildman–Crippen MR) is 105 cm³/mol. The lowest BCUT2D eigenvalue weighted by Crippen LogP contribution is -2.62. The lowest BCUT2D eigenvalue weighted by Gasteiger charge is -2.43. The van der Waals surface area contributed by atoms with Crippen LogP contribution < -0.4 is 0 Å². The fourth-order valence-corrected chi connectivity index (χ4v) is 3.58. The van der Waals surface area contributed by atoms with Crippen LogP contribution in [0.25, 0.3) is 0 Å². The van der Waals surface area contributed by atoms with E-state index in [0.717, 1.165) is 24.3 Å². The smallest absolute Gasteiger partial charge is 0.338 e. The quantitative estimate of drug-likeness (QED) is 0.106. The normalized spacial score (nSPS) is 38.0. The molecule has 2 aliphatic heterocycles. The first-order valence-electron chi connectivity index (χ1n) is 10.1. The number of esters is 1. The lowest BCUT2D eigenvalue weighted by molar-refractivity contribution is -0.384. The third-order valence-corrected chi connectivity index (χ3v) is 5.58. The second-order valence-corrected chi connectivity index (χ2v) is 7.78. The van der Waals surface area contributed by atoms with Crippen LogP contribution >= 0.6 is 0 Å². The van der Waals surface area contributed by atoms with E-state index in [1.54, 1.807) is 0 Å². The van der Waals surface area contributed by atoms with Gasteiger partial charge in [0, 0.05) is 12.1 Å². The van der Waals surface area contributed by atoms with E-state index in [0.29, 0.717) is 0 Å². The standard InChI is InChI=1S/C19H25NO14/c21-5-10-13(24)16(27)19(7-22,33-10)34-18-15(26)14(25)12(23)11(32-18)6-31-17(28)8-1-3-9(4-2-8)20(29)30/h1-4,10-16,18,21-27H,5-7H2/t10-,11-,12+,13-,14+,15-,16-,18-,19-/m0/s1. The van der Waals surface area contributed by atoms with Gasteiger partial charge in [0.2, 0.25) is 5.79 Å². The summed E-state index contributed by atoms with van der Waals surface area (Å²) >= 11 is 0. The highest BCUT2D eigenvalue weighted by Gasteiger charge is 2.58. The Labute approximate surface area is 191 Å². The molecule has 7 N–H and O–H groups in total. The molecule has 34 heavy (non-hydrogen) atoms. The minimum absolute atomic E-state index is 0.0463. The fraction of sp³-hybridized carbons (Fsp3) is 0.632. The molecule has 1 aromatic rings. The van der Waals surface area contributed by atoms with Gasteiger partial charge in [0.1, 0.15) is 55.9 Å². The van der Waals surface area contributed by atoms with Crippen LogP contribution in [-0.2, 0) is 18.9 Å². The van der Waals surface area contributed by atoms with Gasteiger partial charge in [-0.2, -0.15) is 0 Å². The molecule has 2 fully saturated rings. The van der Waals surface area contributed by atoms with E-state index < -0.39 is 85.5 Å². The van der Waals surface area contributed by atoms with Crippen molar-refractivity contribution in [1.82, 2.24) is 0 Å². The van der Waals surface area contributed by atoms with Crippen LogP contribution in [0.1, 0.15) is 10.4 Å². The van der Waals surface area contributed by atoms with Crippen molar-refractivity contribution >= 4 is 11.7 Å². The number of hydrogen-bond donors (Lipinski definition) is 7. The van der Waals surface area contributed by atoms with Gasteiger partial charge in [-0.05, 0) is 12.1 Å². The molecule has 0 radical (unpaired) electrons. The average molecular weight is 491 g/mol. The van der Waals surface area contributed by atoms with Crippen molar-refractivity contribution in [3.05, 3.63) is 39.9 Å². The van der Waals surface area contributed by atoms with Gasteiger partial charge in [-0.3, -0.25) is 10.1 Å². The Hall–Kier alpha value is -2.31. The second kappa shape index (κ2) is 10.5. The van der Waals surface area contributed by atoms with Gasteiger partial charge in [-0.25, -0.2) is 4.79 Å². The minimum Gasteiger partial charge on any atom is -0.459 e. The van der Waals surface area contributed by atoms with Gasteiger partial charge in [-0.1, -0.05) is 0 Å². The summed E-state index contributed by atoms with van der Waals surface area (Å²) in [5.41, 5.74) is -0.294. The van der Waals surface area contributed by atoms with Crippen molar-refractivity contribution in [2.24, 2.45) is 0 Å². The van der Waals surface area contributed by atoms with Crippen molar-refractivity contribution in [3.63, 3.8) is 0 Å². The van der Waals surface area contributed by atoms with E-state index >= 15 is 0 Å². The summed E-state index contributed by atoms with van der Waals surface area (Å²) in [5, 5.41) is 80.5. The number of aliphatic hydroxyl groups is 7. The maximum atomic E-state index is 12.2. The van der Waals surface area contributed by atoms with Gasteiger partial charge in [-0.15, -0.1) is 0 Å². The summed E-state index contributed by atoms with van der Waals surface area (Å²) in [6, 6.07) is 4.47. The van der Waals surface area contributed by atoms with E-state index in [9.17, 15) is 50.7 Å². The van der Waals surface area contributed by atoms with Gasteiger partial charge in [0.15, 0.2) is 6.29 Å². The molecule has 0 bridgehead atoms. The molecule has 0 saturated carbocycles. The third kappa shape index (κ3) is 5.03. The third-order valence-electron chi connectivity index (χ3n) is 5.58. The molecule has 2 saturated heterocycles. The maximum Gasteiger partial charge on any atom is 0.338 e. The van der Waals surface area contributed by atoms with E-state index in [4.69, 9.17) is 18.9 Å². The Kier molecular flexibility index (Phi) is 8.14. The van der Waals surface area contributed by atoms with Crippen LogP contribution in [0, 0.1) is 10.1 Å². The number of rotatable bonds is 8. The zero-order valence-corrected chi connectivity index (χ0v) is 17.5. The topological polar surface area (TPSA) is 239 Å². The zero-order valence-electron chi connectivity index (χ0n) is 17.5. The molecule has 190 valence electrons. The van der Waals surface area contributed by atoms with E-state index in [-0.39, 0.29) is 11.3 Å². The molecular weight excluding hydrogens is 466 g/mol. The van der Waals surface area contributed by atoms with Crippen LogP contribution in [0.5, 0.6) is 0 Å². The Morgan fingerprint density at radius 1 is 1.00 bits per heavy atom. The number of aliphatic hydroxyl groups excluding tert-OH is 7. The number of hydrogen-bond acceptors (Lipinski definition) is 14. The summed E-state index contributed by atoms with van der Waals surface area (Å²) in [5.74, 6) is -3.28. The molecular formula is C19H25NO14. The van der Waals surface area contributed by atoms with Gasteiger partial charge >= 0.3 is 5.97 Å². The van der Waals surface area contributed by atoms with Crippen molar-refractivity contribution < 1.29 is 64.4 Å². The number of non-ortho nitro benzene ring substituents is 1. The number of benzene rings is 1. The van der Waals surface area contributed by atoms with Crippen LogP contribution in [0.15, 0.2) is 24.3 Å². The number of nitro groups is 1. The fourth-order valence-electron chi connectivity index (χ4n) is 3.58. The summed E-state index contributed by atoms with van der Waals surface area (Å²) in [6.45, 7) is -2.44. The first kappa shape index (κ1) is 26.3. The molecule has 3 rings (SSSR count). The lowest BCUT2D eigenvalue weighted by atomic mass is 9.99. The molecule has 0 amide bonds. The van der Waals surface area contributed by atoms with Gasteiger partial charge in [0.05, 0.1) is 17.1 Å². The summed E-state index contributed by atoms with van der Waals surface area (Å²) in [6.07, 6.45) is -13.7. The van der Waals surface area contributed by atoms with Crippen LogP contribution in [-0.4, -0.2) is 121 Å². The van der Waals surface area contributed by atoms with Crippen molar-refractivity contribution in [1.29, 1.82) is 0 Å². The van der Waals surface area contributed by atoms with Crippen LogP contribution in [0.2, 0.25) is 0 Å². The molecule has 0 spiro atoms. The molecule has 0 aliphatic carbocycles. The first-order chi connectivity index (χ1) is 16.0. The highest BCUT2D eigenvalue weighted by atomic mass is 16.8. The molecule has 1 aromatic carbocycles. The SMILES string of the molecule is O=C(OC[C@@H]1O[C@@H](O[C@]2(CO)O[C@@H](CO)[C@H](O)[C@@H]2O)[C@@H](O)[C@H](O)[C@@H]1O)c1ccc([N+](=O)[O-])cc1. The minimum atomic E-state index is -2.35. The Bertz CT molecular complexity index is 867. The molecule has 15 heteroatoms. The summed E-state index contributed by atoms with van der Waals surface area (Å²) < 4.78 is 20.9. The molecule has 0 unspecified atom stereocenters. The van der Waals surface area contributed by atoms with Gasteiger partial charge < -0.3 is 54.7 Å². The molecule has 2 aliphatic rings. The largest absolute Gasteiger partial charge is 0.459 e. The summed E-state index contributed by atoms with van der Waals surface area (Å²) in [4.78, 5) is 22.3. The van der Waals surface area contributed by atoms with Crippen molar-refractivity contribution in [2.45, 2.75) is 54.8 Å². The molecule has 2 heterocycles. The Morgan fingerprint density at radius 2 is 1.65 bits per heavy atom. The number of carbonyl (C=O) groups excluding carboxylic acids is 1. The van der Waals surface area contributed by atoms with Crippen LogP contribution in [0.4, 0.5) is 5.69 Å². The van der Waals surface area contributed by atoms with Crippen LogP contribution in [0.3, 0.4) is 0 Å². The van der Waals surface area contributed by atoms with Crippen molar-refractivity contribution in [2.75, 3.05) is 19.8 Å². The van der Waals surface area contributed by atoms with Crippen molar-refractivity contribution in [3.8, 4) is 0 Å². The molecule has 9 atom stereocenters. The highest BCUT2D eigenvalue weighted by molar-refractivity contribution is 5.89. The van der Waals surface area contributed by atoms with Gasteiger partial charge in [0.25, 0.3) is 5.69 Å². The first-order valence-corrected chi connectivity index (χ1v) is 10.1. The number of carbonyl (C=O) groups is 1. The zero-order chi connectivity index (χ0) is 25.2. The maximum absolute atomic E-state index is 12.2. The molecule has 0 aromatic heterocycles. The number of ether oxygens (including phenoxy) is 4. The Balaban J connectivity index is 1.68. The summed E-state index contributed by atoms with van der Waals surface area (Å²) in [7, 11) is 0. The van der Waals surface area contributed by atoms with E-state index in [1.165, 1.54) is 0 Å². The van der Waals surface area contributed by atoms with E-state index in [2.05, 4.69) is 0 Å². The predicted octanol–water partition coefficient (Wildman–Crippen LogP) is -3.62. The number of nitro benzene ring substituents is 1.